The normalized spacial score (nSPS) is 12.0. The van der Waals surface area contributed by atoms with Crippen LogP contribution in [-0.2, 0) is 32.6 Å². The number of para-hydroxylation sites is 1. The first kappa shape index (κ1) is 32.8. The second-order valence-electron chi connectivity index (χ2n) is 11.1. The molecule has 0 fully saturated rings. The van der Waals surface area contributed by atoms with Gasteiger partial charge in [0, 0.05) is 19.0 Å². The van der Waals surface area contributed by atoms with Crippen molar-refractivity contribution < 1.29 is 18.0 Å². The summed E-state index contributed by atoms with van der Waals surface area (Å²) in [5, 5.41) is 3.15. The molecule has 2 amide bonds. The van der Waals surface area contributed by atoms with E-state index < -0.39 is 28.5 Å². The number of amides is 2. The standard InChI is InChI=1S/C35H38ClN3O4S/c1-25(2)37-35(41)33(22-28-13-6-5-7-14-28)38(23-29-15-9-8-12-27(29)4)34(40)24-39(32-17-11-10-16-31(32)36)44(42,43)30-20-18-26(3)19-21-30/h5-21,25,33H,22-24H2,1-4H3,(H,37,41)/t33-/m1/s1. The summed E-state index contributed by atoms with van der Waals surface area (Å²) >= 11 is 6.53. The number of hydrogen-bond acceptors (Lipinski definition) is 4. The number of carbonyl (C=O) groups excluding carboxylic acids is 2. The fraction of sp³-hybridized carbons (Fsp3) is 0.257. The summed E-state index contributed by atoms with van der Waals surface area (Å²) in [6.07, 6.45) is 0.244. The average molecular weight is 632 g/mol. The molecule has 0 saturated heterocycles. The number of halogens is 1. The summed E-state index contributed by atoms with van der Waals surface area (Å²) < 4.78 is 29.3. The Hall–Kier alpha value is -4.14. The molecule has 0 aliphatic carbocycles. The predicted octanol–water partition coefficient (Wildman–Crippen LogP) is 6.32. The molecule has 1 N–H and O–H groups in total. The molecule has 0 aliphatic heterocycles. The molecule has 0 spiro atoms. The third-order valence-electron chi connectivity index (χ3n) is 7.31. The minimum Gasteiger partial charge on any atom is -0.352 e. The number of rotatable bonds is 12. The van der Waals surface area contributed by atoms with Crippen molar-refractivity contribution in [3.05, 3.63) is 130 Å². The van der Waals surface area contributed by atoms with Crippen LogP contribution in [0.5, 0.6) is 0 Å². The molecule has 0 unspecified atom stereocenters. The van der Waals surface area contributed by atoms with Crippen LogP contribution in [0, 0.1) is 13.8 Å². The zero-order chi connectivity index (χ0) is 31.9. The minimum absolute atomic E-state index is 0.0275. The van der Waals surface area contributed by atoms with Crippen molar-refractivity contribution in [2.45, 2.75) is 57.6 Å². The van der Waals surface area contributed by atoms with Crippen LogP contribution in [0.25, 0.3) is 0 Å². The van der Waals surface area contributed by atoms with Gasteiger partial charge in [-0.2, -0.15) is 0 Å². The first-order valence-electron chi connectivity index (χ1n) is 14.5. The van der Waals surface area contributed by atoms with E-state index in [-0.39, 0.29) is 40.5 Å². The highest BCUT2D eigenvalue weighted by atomic mass is 35.5. The van der Waals surface area contributed by atoms with Crippen LogP contribution in [0.2, 0.25) is 5.02 Å². The molecule has 0 radical (unpaired) electrons. The van der Waals surface area contributed by atoms with Gasteiger partial charge in [0.1, 0.15) is 12.6 Å². The molecule has 4 rings (SSSR count). The fourth-order valence-corrected chi connectivity index (χ4v) is 6.63. The molecule has 0 aromatic heterocycles. The summed E-state index contributed by atoms with van der Waals surface area (Å²) in [6.45, 7) is 7.07. The monoisotopic (exact) mass is 631 g/mol. The molecule has 0 bridgehead atoms. The maximum Gasteiger partial charge on any atom is 0.264 e. The second kappa shape index (κ2) is 14.6. The Bertz CT molecular complexity index is 1690. The van der Waals surface area contributed by atoms with Crippen LogP contribution in [0.1, 0.15) is 36.1 Å². The molecule has 0 aliphatic rings. The molecule has 1 atom stereocenters. The van der Waals surface area contributed by atoms with Gasteiger partial charge in [0.15, 0.2) is 0 Å². The Balaban J connectivity index is 1.82. The van der Waals surface area contributed by atoms with Gasteiger partial charge in [-0.15, -0.1) is 0 Å². The lowest BCUT2D eigenvalue weighted by molar-refractivity contribution is -0.140. The smallest absolute Gasteiger partial charge is 0.264 e. The highest BCUT2D eigenvalue weighted by Gasteiger charge is 2.35. The van der Waals surface area contributed by atoms with E-state index in [0.29, 0.717) is 0 Å². The highest BCUT2D eigenvalue weighted by molar-refractivity contribution is 7.92. The molecule has 44 heavy (non-hydrogen) atoms. The molecule has 4 aromatic carbocycles. The Kier molecular flexibility index (Phi) is 10.8. The molecule has 230 valence electrons. The van der Waals surface area contributed by atoms with Crippen molar-refractivity contribution in [3.8, 4) is 0 Å². The summed E-state index contributed by atoms with van der Waals surface area (Å²) in [5.41, 5.74) is 3.73. The van der Waals surface area contributed by atoms with E-state index in [1.807, 2.05) is 82.3 Å². The highest BCUT2D eigenvalue weighted by Crippen LogP contribution is 2.31. The van der Waals surface area contributed by atoms with Gasteiger partial charge >= 0.3 is 0 Å². The number of hydrogen-bond donors (Lipinski definition) is 1. The third kappa shape index (κ3) is 8.07. The molecule has 0 heterocycles. The first-order chi connectivity index (χ1) is 21.0. The van der Waals surface area contributed by atoms with Gasteiger partial charge in [0.2, 0.25) is 11.8 Å². The van der Waals surface area contributed by atoms with Gasteiger partial charge < -0.3 is 10.2 Å². The van der Waals surface area contributed by atoms with Crippen molar-refractivity contribution in [2.24, 2.45) is 0 Å². The summed E-state index contributed by atoms with van der Waals surface area (Å²) in [6, 6.07) is 29.0. The Labute approximate surface area is 265 Å². The second-order valence-corrected chi connectivity index (χ2v) is 13.4. The van der Waals surface area contributed by atoms with Crippen LogP contribution in [0.4, 0.5) is 5.69 Å². The minimum atomic E-state index is -4.23. The quantitative estimate of drug-likeness (QED) is 0.198. The van der Waals surface area contributed by atoms with E-state index in [0.717, 1.165) is 26.6 Å². The molecule has 7 nitrogen and oxygen atoms in total. The lowest BCUT2D eigenvalue weighted by Crippen LogP contribution is -2.54. The lowest BCUT2D eigenvalue weighted by Gasteiger charge is -2.34. The van der Waals surface area contributed by atoms with E-state index in [2.05, 4.69) is 5.32 Å². The van der Waals surface area contributed by atoms with Crippen molar-refractivity contribution in [3.63, 3.8) is 0 Å². The van der Waals surface area contributed by atoms with Crippen LogP contribution in [-0.4, -0.2) is 43.8 Å². The summed E-state index contributed by atoms with van der Waals surface area (Å²) in [4.78, 5) is 29.8. The van der Waals surface area contributed by atoms with E-state index in [9.17, 15) is 18.0 Å². The summed E-state index contributed by atoms with van der Waals surface area (Å²) in [5.74, 6) is -0.861. The molecule has 9 heteroatoms. The number of aryl methyl sites for hydroxylation is 2. The van der Waals surface area contributed by atoms with E-state index in [1.54, 1.807) is 36.4 Å². The van der Waals surface area contributed by atoms with Crippen molar-refractivity contribution in [1.29, 1.82) is 0 Å². The Morgan fingerprint density at radius 1 is 0.818 bits per heavy atom. The number of nitrogens with one attached hydrogen (secondary N) is 1. The first-order valence-corrected chi connectivity index (χ1v) is 16.3. The Morgan fingerprint density at radius 2 is 1.43 bits per heavy atom. The molecular weight excluding hydrogens is 594 g/mol. The third-order valence-corrected chi connectivity index (χ3v) is 9.41. The van der Waals surface area contributed by atoms with Gasteiger partial charge in [-0.05, 0) is 68.7 Å². The van der Waals surface area contributed by atoms with Crippen LogP contribution in [0.15, 0.2) is 108 Å². The lowest BCUT2D eigenvalue weighted by atomic mass is 10.0. The molecule has 0 saturated carbocycles. The number of nitrogens with zero attached hydrogens (tertiary/aromatic N) is 2. The van der Waals surface area contributed by atoms with Crippen molar-refractivity contribution in [1.82, 2.24) is 10.2 Å². The maximum absolute atomic E-state index is 14.5. The summed E-state index contributed by atoms with van der Waals surface area (Å²) in [7, 11) is -4.23. The van der Waals surface area contributed by atoms with Crippen molar-refractivity contribution in [2.75, 3.05) is 10.8 Å². The largest absolute Gasteiger partial charge is 0.352 e. The number of benzene rings is 4. The zero-order valence-electron chi connectivity index (χ0n) is 25.4. The fourth-order valence-electron chi connectivity index (χ4n) is 4.91. The maximum atomic E-state index is 14.5. The van der Waals surface area contributed by atoms with Gasteiger partial charge in [-0.25, -0.2) is 8.42 Å². The number of sulfonamides is 1. The van der Waals surface area contributed by atoms with E-state index in [1.165, 1.54) is 17.0 Å². The molecule has 4 aromatic rings. The van der Waals surface area contributed by atoms with Gasteiger partial charge in [-0.1, -0.05) is 96.0 Å². The average Bonchev–Trinajstić information content (AvgIpc) is 2.99. The number of anilines is 1. The molecular formula is C35H38ClN3O4S. The topological polar surface area (TPSA) is 86.8 Å². The van der Waals surface area contributed by atoms with Gasteiger partial charge in [0.25, 0.3) is 10.0 Å². The predicted molar refractivity (Wildman–Crippen MR) is 176 cm³/mol. The van der Waals surface area contributed by atoms with E-state index in [4.69, 9.17) is 11.6 Å². The number of carbonyl (C=O) groups is 2. The Morgan fingerprint density at radius 3 is 2.07 bits per heavy atom. The van der Waals surface area contributed by atoms with Crippen LogP contribution >= 0.6 is 11.6 Å². The van der Waals surface area contributed by atoms with Gasteiger partial charge in [0.05, 0.1) is 15.6 Å². The zero-order valence-corrected chi connectivity index (χ0v) is 27.0. The SMILES string of the molecule is Cc1ccc(S(=O)(=O)N(CC(=O)N(Cc2ccccc2C)[C@H](Cc2ccccc2)C(=O)NC(C)C)c2ccccc2Cl)cc1. The van der Waals surface area contributed by atoms with Gasteiger partial charge in [-0.3, -0.25) is 13.9 Å². The van der Waals surface area contributed by atoms with Crippen molar-refractivity contribution >= 4 is 39.1 Å². The van der Waals surface area contributed by atoms with E-state index >= 15 is 0 Å². The van der Waals surface area contributed by atoms with Crippen LogP contribution in [0.3, 0.4) is 0 Å². The van der Waals surface area contributed by atoms with Crippen LogP contribution < -0.4 is 9.62 Å².